The molecule has 6 nitrogen and oxygen atoms in total. The summed E-state index contributed by atoms with van der Waals surface area (Å²) in [6.45, 7) is 1.84. The Balaban J connectivity index is 2.44. The van der Waals surface area contributed by atoms with Crippen molar-refractivity contribution in [3.63, 3.8) is 0 Å². The molecular formula is C14H11ClN2O4. The summed E-state index contributed by atoms with van der Waals surface area (Å²) in [4.78, 5) is 21.2. The molecule has 0 unspecified atom stereocenters. The number of aromatic carboxylic acids is 1. The van der Waals surface area contributed by atoms with E-state index in [1.807, 2.05) is 13.0 Å². The third-order valence-electron chi connectivity index (χ3n) is 2.92. The number of carbonyl (C=O) groups is 1. The Hall–Kier alpha value is -2.60. The van der Waals surface area contributed by atoms with Crippen molar-refractivity contribution in [3.05, 3.63) is 62.7 Å². The summed E-state index contributed by atoms with van der Waals surface area (Å²) in [7, 11) is 0. The Morgan fingerprint density at radius 3 is 2.62 bits per heavy atom. The average molecular weight is 307 g/mol. The van der Waals surface area contributed by atoms with Crippen LogP contribution >= 0.6 is 11.6 Å². The number of hydrogen-bond donors (Lipinski definition) is 2. The van der Waals surface area contributed by atoms with E-state index in [9.17, 15) is 14.9 Å². The van der Waals surface area contributed by atoms with Crippen molar-refractivity contribution in [2.45, 2.75) is 6.92 Å². The molecule has 0 saturated heterocycles. The van der Waals surface area contributed by atoms with Crippen LogP contribution in [0.1, 0.15) is 15.9 Å². The van der Waals surface area contributed by atoms with Crippen molar-refractivity contribution in [2.75, 3.05) is 5.32 Å². The number of anilines is 2. The van der Waals surface area contributed by atoms with Crippen molar-refractivity contribution in [2.24, 2.45) is 0 Å². The molecule has 2 N–H and O–H groups in total. The van der Waals surface area contributed by atoms with E-state index in [2.05, 4.69) is 5.32 Å². The normalized spacial score (nSPS) is 10.2. The quantitative estimate of drug-likeness (QED) is 0.658. The predicted molar refractivity (Wildman–Crippen MR) is 79.5 cm³/mol. The van der Waals surface area contributed by atoms with Gasteiger partial charge in [-0.2, -0.15) is 0 Å². The topological polar surface area (TPSA) is 92.5 Å². The molecule has 0 bridgehead atoms. The van der Waals surface area contributed by atoms with E-state index in [4.69, 9.17) is 16.7 Å². The highest BCUT2D eigenvalue weighted by molar-refractivity contribution is 6.33. The second-order valence-corrected chi connectivity index (χ2v) is 4.76. The lowest BCUT2D eigenvalue weighted by Gasteiger charge is -2.11. The average Bonchev–Trinajstić information content (AvgIpc) is 2.42. The van der Waals surface area contributed by atoms with E-state index in [0.29, 0.717) is 16.4 Å². The van der Waals surface area contributed by atoms with Gasteiger partial charge in [-0.1, -0.05) is 23.7 Å². The standard InChI is InChI=1S/C14H11ClN2O4/c1-8-3-2-4-11(15)13(8)16-9-5-6-10(14(18)19)12(7-9)17(20)21/h2-7,16H,1H3,(H,18,19). The molecule has 0 aliphatic carbocycles. The fourth-order valence-corrected chi connectivity index (χ4v) is 2.14. The number of halogens is 1. The summed E-state index contributed by atoms with van der Waals surface area (Å²) in [5.41, 5.74) is 1.05. The van der Waals surface area contributed by atoms with Crippen molar-refractivity contribution in [1.29, 1.82) is 0 Å². The van der Waals surface area contributed by atoms with Crippen molar-refractivity contribution in [1.82, 2.24) is 0 Å². The molecule has 0 spiro atoms. The zero-order chi connectivity index (χ0) is 15.6. The SMILES string of the molecule is Cc1cccc(Cl)c1Nc1ccc(C(=O)O)c([N+](=O)[O-])c1. The van der Waals surface area contributed by atoms with Gasteiger partial charge in [-0.15, -0.1) is 0 Å². The Kier molecular flexibility index (Phi) is 4.09. The molecule has 0 heterocycles. The molecule has 21 heavy (non-hydrogen) atoms. The fraction of sp³-hybridized carbons (Fsp3) is 0.0714. The molecule has 2 rings (SSSR count). The molecular weight excluding hydrogens is 296 g/mol. The highest BCUT2D eigenvalue weighted by Gasteiger charge is 2.20. The maximum atomic E-state index is 11.0. The van der Waals surface area contributed by atoms with Gasteiger partial charge in [0.15, 0.2) is 0 Å². The van der Waals surface area contributed by atoms with E-state index in [0.717, 1.165) is 5.56 Å². The van der Waals surface area contributed by atoms with Crippen molar-refractivity contribution in [3.8, 4) is 0 Å². The van der Waals surface area contributed by atoms with Gasteiger partial charge in [-0.3, -0.25) is 10.1 Å². The van der Waals surface area contributed by atoms with Crippen LogP contribution in [-0.2, 0) is 0 Å². The Bertz CT molecular complexity index is 711. The first kappa shape index (κ1) is 14.8. The molecule has 108 valence electrons. The third-order valence-corrected chi connectivity index (χ3v) is 3.23. The summed E-state index contributed by atoms with van der Waals surface area (Å²) >= 11 is 6.07. The second kappa shape index (κ2) is 5.80. The second-order valence-electron chi connectivity index (χ2n) is 4.35. The first-order valence-electron chi connectivity index (χ1n) is 5.94. The molecule has 7 heteroatoms. The summed E-state index contributed by atoms with van der Waals surface area (Å²) in [5.74, 6) is -1.35. The lowest BCUT2D eigenvalue weighted by atomic mass is 10.1. The van der Waals surface area contributed by atoms with E-state index in [1.54, 1.807) is 12.1 Å². The minimum absolute atomic E-state index is 0.360. The number of rotatable bonds is 4. The monoisotopic (exact) mass is 306 g/mol. The molecule has 0 amide bonds. The van der Waals surface area contributed by atoms with Crippen LogP contribution in [0.2, 0.25) is 5.02 Å². The lowest BCUT2D eigenvalue weighted by Crippen LogP contribution is -2.03. The van der Waals surface area contributed by atoms with Gasteiger partial charge in [0, 0.05) is 11.8 Å². The number of carboxylic acids is 1. The van der Waals surface area contributed by atoms with E-state index < -0.39 is 16.6 Å². The Morgan fingerprint density at radius 2 is 2.05 bits per heavy atom. The number of benzene rings is 2. The number of nitrogens with zero attached hydrogens (tertiary/aromatic N) is 1. The van der Waals surface area contributed by atoms with E-state index in [1.165, 1.54) is 18.2 Å². The van der Waals surface area contributed by atoms with Gasteiger partial charge < -0.3 is 10.4 Å². The van der Waals surface area contributed by atoms with Crippen LogP contribution in [0.15, 0.2) is 36.4 Å². The fourth-order valence-electron chi connectivity index (χ4n) is 1.88. The Labute approximate surface area is 125 Å². The lowest BCUT2D eigenvalue weighted by molar-refractivity contribution is -0.385. The highest BCUT2D eigenvalue weighted by Crippen LogP contribution is 2.31. The van der Waals surface area contributed by atoms with Gasteiger partial charge in [0.05, 0.1) is 15.6 Å². The molecule has 0 saturated carbocycles. The number of nitrogens with one attached hydrogen (secondary N) is 1. The predicted octanol–water partition coefficient (Wildman–Crippen LogP) is 4.00. The summed E-state index contributed by atoms with van der Waals surface area (Å²) in [5, 5.41) is 23.3. The summed E-state index contributed by atoms with van der Waals surface area (Å²) in [6.07, 6.45) is 0. The maximum absolute atomic E-state index is 11.0. The number of aryl methyl sites for hydroxylation is 1. The smallest absolute Gasteiger partial charge is 0.342 e. The van der Waals surface area contributed by atoms with Gasteiger partial charge in [-0.05, 0) is 30.7 Å². The number of nitro groups is 1. The van der Waals surface area contributed by atoms with Gasteiger partial charge in [0.1, 0.15) is 5.56 Å². The largest absolute Gasteiger partial charge is 0.477 e. The van der Waals surface area contributed by atoms with E-state index >= 15 is 0 Å². The molecule has 0 radical (unpaired) electrons. The molecule has 0 fully saturated rings. The van der Waals surface area contributed by atoms with Crippen molar-refractivity contribution >= 4 is 34.6 Å². The molecule has 2 aromatic rings. The molecule has 2 aromatic carbocycles. The number of para-hydroxylation sites is 1. The maximum Gasteiger partial charge on any atom is 0.342 e. The van der Waals surface area contributed by atoms with Crippen LogP contribution in [0.4, 0.5) is 17.1 Å². The summed E-state index contributed by atoms with van der Waals surface area (Å²) in [6, 6.07) is 9.14. The minimum Gasteiger partial charge on any atom is -0.477 e. The van der Waals surface area contributed by atoms with Crippen molar-refractivity contribution < 1.29 is 14.8 Å². The van der Waals surface area contributed by atoms with Crippen LogP contribution in [0.5, 0.6) is 0 Å². The minimum atomic E-state index is -1.35. The number of nitro benzene ring substituents is 1. The van der Waals surface area contributed by atoms with Gasteiger partial charge in [0.25, 0.3) is 5.69 Å². The van der Waals surface area contributed by atoms with Gasteiger partial charge in [0.2, 0.25) is 0 Å². The van der Waals surface area contributed by atoms with Crippen LogP contribution in [0, 0.1) is 17.0 Å². The first-order chi connectivity index (χ1) is 9.90. The molecule has 0 atom stereocenters. The highest BCUT2D eigenvalue weighted by atomic mass is 35.5. The molecule has 0 aromatic heterocycles. The number of hydrogen-bond acceptors (Lipinski definition) is 4. The summed E-state index contributed by atoms with van der Waals surface area (Å²) < 4.78 is 0. The Morgan fingerprint density at radius 1 is 1.33 bits per heavy atom. The zero-order valence-electron chi connectivity index (χ0n) is 11.0. The van der Waals surface area contributed by atoms with Crippen LogP contribution in [0.25, 0.3) is 0 Å². The van der Waals surface area contributed by atoms with Gasteiger partial charge in [-0.25, -0.2) is 4.79 Å². The molecule has 0 aliphatic rings. The van der Waals surface area contributed by atoms with E-state index in [-0.39, 0.29) is 5.56 Å². The molecule has 0 aliphatic heterocycles. The van der Waals surface area contributed by atoms with Crippen LogP contribution in [0.3, 0.4) is 0 Å². The van der Waals surface area contributed by atoms with Crippen LogP contribution in [-0.4, -0.2) is 16.0 Å². The number of carboxylic acid groups (broad SMARTS) is 1. The third kappa shape index (κ3) is 3.11. The first-order valence-corrected chi connectivity index (χ1v) is 6.32. The van der Waals surface area contributed by atoms with Crippen LogP contribution < -0.4 is 5.32 Å². The van der Waals surface area contributed by atoms with Gasteiger partial charge >= 0.3 is 5.97 Å². The zero-order valence-corrected chi connectivity index (χ0v) is 11.7.